The number of hydrogen-bond acceptors (Lipinski definition) is 4. The first-order valence-electron chi connectivity index (χ1n) is 7.92. The fourth-order valence-electron chi connectivity index (χ4n) is 1.76. The summed E-state index contributed by atoms with van der Waals surface area (Å²) in [5.74, 6) is -1.66. The second kappa shape index (κ2) is 14.4. The van der Waals surface area contributed by atoms with Crippen molar-refractivity contribution in [3.05, 3.63) is 42.5 Å². The van der Waals surface area contributed by atoms with E-state index in [1.807, 2.05) is 6.92 Å². The summed E-state index contributed by atoms with van der Waals surface area (Å²) in [6.07, 6.45) is 5.78. The second-order valence-corrected chi connectivity index (χ2v) is 8.36. The van der Waals surface area contributed by atoms with Gasteiger partial charge in [-0.3, -0.25) is 0 Å². The standard InChI is InChI=1S/C12H20O4.C6H5.Hg/c1-3-5-6-10(4-2)9-16-12(15)8-7-11(13)14;1-2-4-6-5-3-1;/h7-8,10H,3-6,9H2,1-2H3,(H,13,14);1-5H;/q;;+1/p-1. The van der Waals surface area contributed by atoms with Gasteiger partial charge in [0.05, 0.1) is 12.6 Å². The number of carbonyl (C=O) groups is 2. The van der Waals surface area contributed by atoms with Gasteiger partial charge in [0.25, 0.3) is 0 Å². The average molecular weight is 505 g/mol. The number of rotatable bonds is 8. The van der Waals surface area contributed by atoms with Crippen molar-refractivity contribution >= 4 is 15.0 Å². The van der Waals surface area contributed by atoms with E-state index < -0.39 is 11.9 Å². The Morgan fingerprint density at radius 1 is 1.22 bits per heavy atom. The maximum atomic E-state index is 11.0. The molecule has 0 aromatic heterocycles. The van der Waals surface area contributed by atoms with E-state index in [2.05, 4.69) is 37.3 Å². The van der Waals surface area contributed by atoms with Gasteiger partial charge in [-0.15, -0.1) is 0 Å². The fraction of sp³-hybridized carbons (Fsp3) is 0.444. The molecule has 0 bridgehead atoms. The third kappa shape index (κ3) is 14.2. The molecule has 0 spiro atoms. The van der Waals surface area contributed by atoms with Crippen molar-refractivity contribution in [1.29, 1.82) is 0 Å². The van der Waals surface area contributed by atoms with Gasteiger partial charge in [-0.2, -0.15) is 0 Å². The molecule has 0 aliphatic carbocycles. The number of aliphatic carboxylic acids is 1. The summed E-state index contributed by atoms with van der Waals surface area (Å²) in [6, 6.07) is 10.6. The van der Waals surface area contributed by atoms with Crippen LogP contribution in [-0.2, 0) is 40.4 Å². The molecule has 0 N–H and O–H groups in total. The molecule has 0 aliphatic heterocycles. The van der Waals surface area contributed by atoms with E-state index in [1.54, 1.807) is 0 Å². The minimum atomic E-state index is -1.39. The van der Waals surface area contributed by atoms with Crippen LogP contribution in [0.3, 0.4) is 0 Å². The van der Waals surface area contributed by atoms with Gasteiger partial charge in [-0.25, -0.2) is 4.79 Å². The van der Waals surface area contributed by atoms with Crippen LogP contribution >= 0.6 is 0 Å². The van der Waals surface area contributed by atoms with Crippen LogP contribution in [0.4, 0.5) is 0 Å². The first-order valence-corrected chi connectivity index (χ1v) is 10.7. The Kier molecular flexibility index (Phi) is 13.7. The van der Waals surface area contributed by atoms with Gasteiger partial charge in [-0.1, -0.05) is 33.1 Å². The summed E-state index contributed by atoms with van der Waals surface area (Å²) in [5, 5.41) is 10.0. The summed E-state index contributed by atoms with van der Waals surface area (Å²) in [7, 11) is 0. The van der Waals surface area contributed by atoms with E-state index in [9.17, 15) is 14.7 Å². The van der Waals surface area contributed by atoms with E-state index in [0.717, 1.165) is 57.9 Å². The third-order valence-electron chi connectivity index (χ3n) is 3.20. The van der Waals surface area contributed by atoms with Crippen LogP contribution in [0, 0.1) is 5.92 Å². The Hall–Kier alpha value is -1.16. The third-order valence-corrected chi connectivity index (χ3v) is 5.04. The van der Waals surface area contributed by atoms with Crippen molar-refractivity contribution in [1.82, 2.24) is 0 Å². The predicted molar refractivity (Wildman–Crippen MR) is 84.5 cm³/mol. The SMILES string of the molecule is CCCCC(CC)COC(=O)C=CC(=O)[O-].[Hg+][c]1ccccc1. The fourth-order valence-corrected chi connectivity index (χ4v) is 2.82. The number of hydrogen-bond donors (Lipinski definition) is 0. The molecular weight excluding hydrogens is 481 g/mol. The van der Waals surface area contributed by atoms with Gasteiger partial charge >= 0.3 is 65.5 Å². The van der Waals surface area contributed by atoms with Gasteiger partial charge in [0.1, 0.15) is 0 Å². The van der Waals surface area contributed by atoms with Crippen LogP contribution in [0.25, 0.3) is 0 Å². The molecule has 23 heavy (non-hydrogen) atoms. The van der Waals surface area contributed by atoms with Crippen LogP contribution in [0.15, 0.2) is 42.5 Å². The molecule has 0 radical (unpaired) electrons. The van der Waals surface area contributed by atoms with Gasteiger partial charge in [0.2, 0.25) is 0 Å². The van der Waals surface area contributed by atoms with E-state index in [1.165, 1.54) is 3.07 Å². The first kappa shape index (κ1) is 21.8. The second-order valence-electron chi connectivity index (χ2n) is 5.18. The van der Waals surface area contributed by atoms with Gasteiger partial charge in [0, 0.05) is 6.08 Å². The number of carboxylic acid groups (broad SMARTS) is 1. The van der Waals surface area contributed by atoms with Crippen molar-refractivity contribution in [2.75, 3.05) is 6.61 Å². The Morgan fingerprint density at radius 2 is 1.87 bits per heavy atom. The molecule has 0 saturated heterocycles. The molecule has 1 unspecified atom stereocenters. The quantitative estimate of drug-likeness (QED) is 0.308. The van der Waals surface area contributed by atoms with E-state index >= 15 is 0 Å². The van der Waals surface area contributed by atoms with Gasteiger partial charge in [-0.05, 0) is 18.4 Å². The van der Waals surface area contributed by atoms with Crippen molar-refractivity contribution < 1.29 is 45.6 Å². The molecule has 0 fully saturated rings. The van der Waals surface area contributed by atoms with Crippen LogP contribution in [-0.4, -0.2) is 18.5 Å². The molecule has 5 heteroatoms. The van der Waals surface area contributed by atoms with Gasteiger partial charge < -0.3 is 14.6 Å². The maximum absolute atomic E-state index is 11.0. The molecule has 4 nitrogen and oxygen atoms in total. The number of carboxylic acids is 1. The topological polar surface area (TPSA) is 66.4 Å². The van der Waals surface area contributed by atoms with Crippen molar-refractivity contribution in [3.63, 3.8) is 0 Å². The zero-order valence-electron chi connectivity index (χ0n) is 14.0. The number of carbonyl (C=O) groups excluding carboxylic acids is 2. The molecule has 1 aromatic rings. The Labute approximate surface area is 154 Å². The first-order chi connectivity index (χ1) is 11.0. The predicted octanol–water partition coefficient (Wildman–Crippen LogP) is 1.91. The molecule has 0 amide bonds. The summed E-state index contributed by atoms with van der Waals surface area (Å²) in [5.41, 5.74) is 0. The number of esters is 1. The van der Waals surface area contributed by atoms with E-state index in [4.69, 9.17) is 4.74 Å². The molecular formula is C18H24HgO4. The number of ether oxygens (including phenoxy) is 1. The van der Waals surface area contributed by atoms with E-state index in [-0.39, 0.29) is 0 Å². The van der Waals surface area contributed by atoms with Crippen LogP contribution < -0.4 is 8.18 Å². The summed E-state index contributed by atoms with van der Waals surface area (Å²) < 4.78 is 6.44. The van der Waals surface area contributed by atoms with Gasteiger partial charge in [0.15, 0.2) is 0 Å². The number of unbranched alkanes of at least 4 members (excludes halogenated alkanes) is 1. The van der Waals surface area contributed by atoms with Crippen LogP contribution in [0.5, 0.6) is 0 Å². The summed E-state index contributed by atoms with van der Waals surface area (Å²) >= 11 is 0.810. The Balaban J connectivity index is 0.000000568. The normalized spacial score (nSPS) is 11.5. The molecule has 0 saturated carbocycles. The van der Waals surface area contributed by atoms with Crippen molar-refractivity contribution in [2.45, 2.75) is 39.5 Å². The summed E-state index contributed by atoms with van der Waals surface area (Å²) in [4.78, 5) is 21.1. The average Bonchev–Trinajstić information content (AvgIpc) is 2.54. The summed E-state index contributed by atoms with van der Waals surface area (Å²) in [6.45, 7) is 4.51. The van der Waals surface area contributed by atoms with Crippen molar-refractivity contribution in [3.8, 4) is 0 Å². The molecule has 0 heterocycles. The molecule has 0 aliphatic rings. The van der Waals surface area contributed by atoms with Crippen LogP contribution in [0.2, 0.25) is 0 Å². The van der Waals surface area contributed by atoms with E-state index in [0.29, 0.717) is 18.6 Å². The van der Waals surface area contributed by atoms with Crippen LogP contribution in [0.1, 0.15) is 39.5 Å². The van der Waals surface area contributed by atoms with Crippen molar-refractivity contribution in [2.24, 2.45) is 5.92 Å². The molecule has 122 valence electrons. The molecule has 1 aromatic carbocycles. The molecule has 1 atom stereocenters. The Morgan fingerprint density at radius 3 is 2.30 bits per heavy atom. The molecule has 1 rings (SSSR count). The zero-order valence-corrected chi connectivity index (χ0v) is 19.5. The number of benzene rings is 1. The Bertz CT molecular complexity index is 471. The zero-order chi connectivity index (χ0) is 17.5. The monoisotopic (exact) mass is 506 g/mol. The minimum absolute atomic E-state index is 0.354.